The quantitative estimate of drug-likeness (QED) is 0.180. The molecule has 6 rings (SSSR count). The van der Waals surface area contributed by atoms with E-state index in [1.165, 1.54) is 23.6 Å². The summed E-state index contributed by atoms with van der Waals surface area (Å²) in [5.74, 6) is 1.37. The molecule has 1 aliphatic heterocycles. The minimum Gasteiger partial charge on any atom is -0.454 e. The van der Waals surface area contributed by atoms with E-state index in [0.29, 0.717) is 27.8 Å². The molecule has 0 atom stereocenters. The summed E-state index contributed by atoms with van der Waals surface area (Å²) in [5.41, 5.74) is 2.31. The van der Waals surface area contributed by atoms with E-state index in [2.05, 4.69) is 5.10 Å². The summed E-state index contributed by atoms with van der Waals surface area (Å²) in [6, 6.07) is 22.0. The molecule has 0 radical (unpaired) electrons. The molecule has 1 aliphatic rings. The molecule has 0 unspecified atom stereocenters. The Hall–Kier alpha value is -4.70. The topological polar surface area (TPSA) is 104 Å². The maximum atomic E-state index is 11.7. The molecule has 3 heterocycles. The first-order valence-corrected chi connectivity index (χ1v) is 11.5. The van der Waals surface area contributed by atoms with E-state index < -0.39 is 4.92 Å². The molecule has 0 saturated heterocycles. The molecule has 0 fully saturated rings. The molecule has 5 aromatic rings. The number of benzene rings is 3. The molecule has 3 aromatic carbocycles. The van der Waals surface area contributed by atoms with Crippen molar-refractivity contribution in [2.24, 2.45) is 10.1 Å². The van der Waals surface area contributed by atoms with Gasteiger partial charge in [-0.05, 0) is 30.3 Å². The van der Waals surface area contributed by atoms with Gasteiger partial charge in [0.15, 0.2) is 17.3 Å². The Bertz CT molecular complexity index is 1630. The van der Waals surface area contributed by atoms with Gasteiger partial charge in [-0.15, -0.1) is 11.3 Å². The van der Waals surface area contributed by atoms with E-state index in [0.717, 1.165) is 16.7 Å². The number of ether oxygens (including phenoxy) is 2. The molecule has 0 spiro atoms. The van der Waals surface area contributed by atoms with Crippen molar-refractivity contribution in [2.45, 2.75) is 0 Å². The van der Waals surface area contributed by atoms with Gasteiger partial charge in [0.25, 0.3) is 5.69 Å². The SMILES string of the molecule is O=[N+]([O-])c1cc2c(cc1C=Nn1c(-c3cc4ccccc4o3)csc1=Nc1ccccc1)OCO2. The zero-order valence-electron chi connectivity index (χ0n) is 18.0. The number of furan rings is 1. The Labute approximate surface area is 202 Å². The van der Waals surface area contributed by atoms with E-state index in [1.807, 2.05) is 66.0 Å². The summed E-state index contributed by atoms with van der Waals surface area (Å²) >= 11 is 1.39. The van der Waals surface area contributed by atoms with Crippen LogP contribution in [0.2, 0.25) is 0 Å². The van der Waals surface area contributed by atoms with Crippen molar-refractivity contribution in [1.29, 1.82) is 0 Å². The molecule has 172 valence electrons. The maximum absolute atomic E-state index is 11.7. The van der Waals surface area contributed by atoms with Crippen LogP contribution in [-0.2, 0) is 0 Å². The number of nitrogens with zero attached hydrogens (tertiary/aromatic N) is 4. The largest absolute Gasteiger partial charge is 0.454 e. The van der Waals surface area contributed by atoms with Gasteiger partial charge in [-0.3, -0.25) is 10.1 Å². The van der Waals surface area contributed by atoms with Gasteiger partial charge in [-0.1, -0.05) is 36.4 Å². The first kappa shape index (κ1) is 20.9. The minimum atomic E-state index is -0.475. The number of rotatable bonds is 5. The number of para-hydroxylation sites is 2. The van der Waals surface area contributed by atoms with Crippen molar-refractivity contribution in [3.05, 3.63) is 98.7 Å². The molecular weight excluding hydrogens is 468 g/mol. The molecule has 9 nitrogen and oxygen atoms in total. The lowest BCUT2D eigenvalue weighted by molar-refractivity contribution is -0.385. The van der Waals surface area contributed by atoms with Crippen LogP contribution in [0.15, 0.2) is 92.7 Å². The van der Waals surface area contributed by atoms with Crippen LogP contribution in [0, 0.1) is 10.1 Å². The van der Waals surface area contributed by atoms with Gasteiger partial charge in [0.2, 0.25) is 11.6 Å². The standard InChI is InChI=1S/C25H16N4O5S/c30-29(31)19-12-24-23(32-15-33-24)11-17(19)13-26-28-20(22-10-16-6-4-5-9-21(16)34-22)14-35-25(28)27-18-7-2-1-3-8-18/h1-14H,15H2. The predicted molar refractivity (Wildman–Crippen MR) is 131 cm³/mol. The Kier molecular flexibility index (Phi) is 5.12. The Morgan fingerprint density at radius 2 is 1.77 bits per heavy atom. The lowest BCUT2D eigenvalue weighted by Gasteiger charge is -2.03. The summed E-state index contributed by atoms with van der Waals surface area (Å²) in [7, 11) is 0. The highest BCUT2D eigenvalue weighted by Crippen LogP contribution is 2.37. The van der Waals surface area contributed by atoms with Gasteiger partial charge in [0, 0.05) is 10.8 Å². The minimum absolute atomic E-state index is 0.0165. The Balaban J connectivity index is 1.51. The number of hydrogen-bond donors (Lipinski definition) is 0. The van der Waals surface area contributed by atoms with Crippen molar-refractivity contribution in [3.8, 4) is 23.0 Å². The highest BCUT2D eigenvalue weighted by atomic mass is 32.1. The van der Waals surface area contributed by atoms with E-state index >= 15 is 0 Å². The number of nitro groups is 1. The molecule has 10 heteroatoms. The third-order valence-electron chi connectivity index (χ3n) is 5.38. The van der Waals surface area contributed by atoms with E-state index in [9.17, 15) is 10.1 Å². The maximum Gasteiger partial charge on any atom is 0.282 e. The lowest BCUT2D eigenvalue weighted by atomic mass is 10.1. The van der Waals surface area contributed by atoms with Crippen molar-refractivity contribution in [1.82, 2.24) is 4.68 Å². The van der Waals surface area contributed by atoms with Crippen molar-refractivity contribution >= 4 is 39.9 Å². The molecule has 0 saturated carbocycles. The van der Waals surface area contributed by atoms with Crippen LogP contribution in [-0.4, -0.2) is 22.6 Å². The van der Waals surface area contributed by atoms with Crippen molar-refractivity contribution in [2.75, 3.05) is 6.79 Å². The number of aromatic nitrogens is 1. The first-order chi connectivity index (χ1) is 17.2. The van der Waals surface area contributed by atoms with Crippen LogP contribution in [0.3, 0.4) is 0 Å². The summed E-state index contributed by atoms with van der Waals surface area (Å²) in [6.07, 6.45) is 1.42. The summed E-state index contributed by atoms with van der Waals surface area (Å²) in [5, 5.41) is 19.1. The van der Waals surface area contributed by atoms with Gasteiger partial charge in [0.1, 0.15) is 11.3 Å². The summed E-state index contributed by atoms with van der Waals surface area (Å²) in [4.78, 5) is 16.5. The molecule has 2 aromatic heterocycles. The Morgan fingerprint density at radius 3 is 2.57 bits per heavy atom. The average molecular weight is 484 g/mol. The number of hydrogen-bond acceptors (Lipinski definition) is 8. The van der Waals surface area contributed by atoms with Crippen LogP contribution in [0.25, 0.3) is 22.4 Å². The normalized spacial score (nSPS) is 13.2. The van der Waals surface area contributed by atoms with Gasteiger partial charge in [-0.2, -0.15) is 5.10 Å². The molecule has 0 bridgehead atoms. The van der Waals surface area contributed by atoms with Gasteiger partial charge in [0.05, 0.1) is 28.5 Å². The zero-order chi connectivity index (χ0) is 23.8. The van der Waals surface area contributed by atoms with E-state index in [4.69, 9.17) is 18.9 Å². The van der Waals surface area contributed by atoms with Crippen LogP contribution in [0.4, 0.5) is 11.4 Å². The number of thiazole rings is 1. The van der Waals surface area contributed by atoms with Gasteiger partial charge >= 0.3 is 0 Å². The third kappa shape index (κ3) is 3.96. The fraction of sp³-hybridized carbons (Fsp3) is 0.0400. The number of fused-ring (bicyclic) bond motifs is 2. The second-order valence-corrected chi connectivity index (χ2v) is 8.41. The van der Waals surface area contributed by atoms with Crippen molar-refractivity contribution in [3.63, 3.8) is 0 Å². The van der Waals surface area contributed by atoms with Crippen LogP contribution < -0.4 is 14.3 Å². The smallest absolute Gasteiger partial charge is 0.282 e. The monoisotopic (exact) mass is 484 g/mol. The molecule has 35 heavy (non-hydrogen) atoms. The highest BCUT2D eigenvalue weighted by Gasteiger charge is 2.23. The summed E-state index contributed by atoms with van der Waals surface area (Å²) in [6.45, 7) is 0.0165. The molecular formula is C25H16N4O5S. The fourth-order valence-electron chi connectivity index (χ4n) is 3.71. The Morgan fingerprint density at radius 1 is 1.00 bits per heavy atom. The fourth-order valence-corrected chi connectivity index (χ4v) is 4.55. The lowest BCUT2D eigenvalue weighted by Crippen LogP contribution is -2.11. The first-order valence-electron chi connectivity index (χ1n) is 10.6. The van der Waals surface area contributed by atoms with Crippen LogP contribution in [0.1, 0.15) is 5.56 Å². The average Bonchev–Trinajstić information content (AvgIpc) is 3.60. The van der Waals surface area contributed by atoms with E-state index in [1.54, 1.807) is 10.7 Å². The third-order valence-corrected chi connectivity index (χ3v) is 6.19. The predicted octanol–water partition coefficient (Wildman–Crippen LogP) is 5.71. The van der Waals surface area contributed by atoms with Gasteiger partial charge < -0.3 is 13.9 Å². The number of nitro benzene ring substituents is 1. The second-order valence-electron chi connectivity index (χ2n) is 7.58. The zero-order valence-corrected chi connectivity index (χ0v) is 18.8. The highest BCUT2D eigenvalue weighted by molar-refractivity contribution is 7.07. The van der Waals surface area contributed by atoms with Crippen LogP contribution >= 0.6 is 11.3 Å². The van der Waals surface area contributed by atoms with Crippen molar-refractivity contribution < 1.29 is 18.8 Å². The molecule has 0 N–H and O–H groups in total. The molecule has 0 amide bonds. The van der Waals surface area contributed by atoms with Gasteiger partial charge in [-0.25, -0.2) is 9.67 Å². The molecule has 0 aliphatic carbocycles. The summed E-state index contributed by atoms with van der Waals surface area (Å²) < 4.78 is 18.4. The van der Waals surface area contributed by atoms with E-state index in [-0.39, 0.29) is 18.0 Å². The second kappa shape index (κ2) is 8.58. The van der Waals surface area contributed by atoms with Crippen LogP contribution in [0.5, 0.6) is 11.5 Å².